The normalized spacial score (nSPS) is 35.0. The van der Waals surface area contributed by atoms with Gasteiger partial charge in [0.25, 0.3) is 0 Å². The highest BCUT2D eigenvalue weighted by Gasteiger charge is 2.38. The molecular weight excluding hydrogens is 336 g/mol. The van der Waals surface area contributed by atoms with Crippen LogP contribution in [-0.2, 0) is 24.0 Å². The highest BCUT2D eigenvalue weighted by atomic mass is 17.1. The van der Waals surface area contributed by atoms with E-state index >= 15 is 0 Å². The molecule has 3 aliphatic rings. The maximum Gasteiger partial charge on any atom is 0.334 e. The van der Waals surface area contributed by atoms with Gasteiger partial charge < -0.3 is 9.47 Å². The van der Waals surface area contributed by atoms with E-state index in [9.17, 15) is 14.8 Å². The van der Waals surface area contributed by atoms with Crippen molar-refractivity contribution in [2.24, 2.45) is 5.92 Å². The second-order valence-corrected chi connectivity index (χ2v) is 7.18. The number of rotatable bonds is 1. The van der Waals surface area contributed by atoms with Crippen molar-refractivity contribution in [1.29, 1.82) is 0 Å². The number of carbonyl (C=O) groups is 2. The number of hydrogen-bond donors (Lipinski definition) is 1. The molecule has 1 saturated heterocycles. The largest absolute Gasteiger partial charge is 0.454 e. The summed E-state index contributed by atoms with van der Waals surface area (Å²) >= 11 is 0. The minimum absolute atomic E-state index is 0.145. The number of hydrogen-bond acceptors (Lipinski definition) is 6. The quantitative estimate of drug-likeness (QED) is 0.254. The van der Waals surface area contributed by atoms with Crippen LogP contribution in [0.25, 0.3) is 0 Å². The molecule has 1 fully saturated rings. The summed E-state index contributed by atoms with van der Waals surface area (Å²) in [6.45, 7) is 9.80. The van der Waals surface area contributed by atoms with Crippen molar-refractivity contribution in [3.63, 3.8) is 0 Å². The van der Waals surface area contributed by atoms with Gasteiger partial charge in [-0.15, -0.1) is 0 Å². The van der Waals surface area contributed by atoms with Gasteiger partial charge >= 0.3 is 11.9 Å². The Balaban J connectivity index is 1.87. The molecule has 0 saturated carbocycles. The van der Waals surface area contributed by atoms with Crippen molar-refractivity contribution < 1.29 is 29.2 Å². The fourth-order valence-electron chi connectivity index (χ4n) is 3.73. The molecule has 0 aromatic heterocycles. The molecule has 0 spiro atoms. The zero-order valence-electron chi connectivity index (χ0n) is 14.9. The van der Waals surface area contributed by atoms with Crippen LogP contribution in [-0.4, -0.2) is 35.5 Å². The van der Waals surface area contributed by atoms with Crippen LogP contribution in [0.1, 0.15) is 39.0 Å². The zero-order valence-corrected chi connectivity index (χ0v) is 14.9. The van der Waals surface area contributed by atoms with Crippen molar-refractivity contribution in [2.45, 2.75) is 57.3 Å². The summed E-state index contributed by atoms with van der Waals surface area (Å²) < 4.78 is 10.8. The Morgan fingerprint density at radius 1 is 1.12 bits per heavy atom. The van der Waals surface area contributed by atoms with Gasteiger partial charge in [0.2, 0.25) is 0 Å². The molecule has 6 heteroatoms. The first-order valence-electron chi connectivity index (χ1n) is 8.85. The lowest BCUT2D eigenvalue weighted by molar-refractivity contribution is -0.270. The fraction of sp³-hybridized carbons (Fsp3) is 0.500. The molecule has 26 heavy (non-hydrogen) atoms. The Morgan fingerprint density at radius 3 is 2.62 bits per heavy atom. The molecule has 1 aliphatic carbocycles. The van der Waals surface area contributed by atoms with E-state index in [0.717, 1.165) is 5.57 Å². The van der Waals surface area contributed by atoms with Gasteiger partial charge in [0.05, 0.1) is 0 Å². The van der Waals surface area contributed by atoms with Crippen molar-refractivity contribution in [3.05, 3.63) is 47.6 Å². The van der Waals surface area contributed by atoms with Gasteiger partial charge in [0, 0.05) is 23.5 Å². The smallest absolute Gasteiger partial charge is 0.334 e. The number of carbonyl (C=O) groups excluding carboxylic acids is 2. The summed E-state index contributed by atoms with van der Waals surface area (Å²) in [5, 5.41) is 9.22. The number of esters is 2. The van der Waals surface area contributed by atoms with Gasteiger partial charge in [-0.25, -0.2) is 14.5 Å². The lowest BCUT2D eigenvalue weighted by Crippen LogP contribution is -2.18. The van der Waals surface area contributed by atoms with E-state index in [0.29, 0.717) is 48.8 Å². The van der Waals surface area contributed by atoms with E-state index in [1.165, 1.54) is 0 Å². The third kappa shape index (κ3) is 3.81. The summed E-state index contributed by atoms with van der Waals surface area (Å²) in [4.78, 5) is 28.5. The predicted molar refractivity (Wildman–Crippen MR) is 94.0 cm³/mol. The Kier molecular flexibility index (Phi) is 5.44. The average Bonchev–Trinajstić information content (AvgIpc) is 3.05. The van der Waals surface area contributed by atoms with E-state index in [2.05, 4.69) is 18.0 Å². The summed E-state index contributed by atoms with van der Waals surface area (Å²) in [6, 6.07) is 0. The molecule has 4 atom stereocenters. The van der Waals surface area contributed by atoms with Crippen LogP contribution in [0.3, 0.4) is 0 Å². The molecule has 0 amide bonds. The standard InChI is InChI=1S/C20H24O6/c1-11-8-15-10-14(20(22)24-15)5-7-17(26-23)12(2)4-6-16-13(3)19(21)25-18(16)9-11/h9-10,15-18,23H,2-8H2,1H3/b11-9+/t15-,16-,17-,18+/m1/s1. The first-order valence-corrected chi connectivity index (χ1v) is 8.85. The Hall–Kier alpha value is -2.18. The SMILES string of the molecule is C=C1C(=O)O[C@H]2/C=C(\C)C[C@@H]3C=C(CC[C@@H](OO)C(=C)CC[C@H]12)C(=O)O3. The number of ether oxygens (including phenoxy) is 2. The minimum Gasteiger partial charge on any atom is -0.454 e. The van der Waals surface area contributed by atoms with Gasteiger partial charge in [-0.1, -0.05) is 18.7 Å². The molecule has 1 N–H and O–H groups in total. The van der Waals surface area contributed by atoms with Gasteiger partial charge in [-0.2, -0.15) is 0 Å². The average molecular weight is 360 g/mol. The molecule has 2 aliphatic heterocycles. The van der Waals surface area contributed by atoms with Crippen LogP contribution < -0.4 is 0 Å². The fourth-order valence-corrected chi connectivity index (χ4v) is 3.73. The van der Waals surface area contributed by atoms with Crippen LogP contribution in [0, 0.1) is 5.92 Å². The molecule has 140 valence electrons. The van der Waals surface area contributed by atoms with Crippen LogP contribution in [0.15, 0.2) is 47.6 Å². The maximum absolute atomic E-state index is 12.0. The summed E-state index contributed by atoms with van der Waals surface area (Å²) in [6.07, 6.45) is 5.05. The Morgan fingerprint density at radius 2 is 1.88 bits per heavy atom. The van der Waals surface area contributed by atoms with Crippen molar-refractivity contribution >= 4 is 11.9 Å². The first kappa shape index (κ1) is 18.6. The molecule has 0 radical (unpaired) electrons. The second-order valence-electron chi connectivity index (χ2n) is 7.18. The van der Waals surface area contributed by atoms with E-state index in [1.54, 1.807) is 0 Å². The highest BCUT2D eigenvalue weighted by Crippen LogP contribution is 2.35. The molecule has 6 nitrogen and oxygen atoms in total. The molecular formula is C20H24O6. The van der Waals surface area contributed by atoms with Gasteiger partial charge in [-0.05, 0) is 50.3 Å². The third-order valence-corrected chi connectivity index (χ3v) is 5.26. The highest BCUT2D eigenvalue weighted by molar-refractivity contribution is 5.91. The summed E-state index contributed by atoms with van der Waals surface area (Å²) in [5.74, 6) is -0.865. The van der Waals surface area contributed by atoms with Crippen molar-refractivity contribution in [3.8, 4) is 0 Å². The maximum atomic E-state index is 12.0. The summed E-state index contributed by atoms with van der Waals surface area (Å²) in [5.41, 5.74) is 2.74. The molecule has 0 aromatic carbocycles. The van der Waals surface area contributed by atoms with Crippen LogP contribution in [0.5, 0.6) is 0 Å². The monoisotopic (exact) mass is 360 g/mol. The molecule has 2 heterocycles. The lowest BCUT2D eigenvalue weighted by Gasteiger charge is -2.20. The van der Waals surface area contributed by atoms with Crippen molar-refractivity contribution in [1.82, 2.24) is 0 Å². The molecule has 2 bridgehead atoms. The van der Waals surface area contributed by atoms with Crippen LogP contribution in [0.2, 0.25) is 0 Å². The Labute approximate surface area is 152 Å². The molecule has 0 unspecified atom stereocenters. The van der Waals surface area contributed by atoms with E-state index in [-0.39, 0.29) is 30.1 Å². The lowest BCUT2D eigenvalue weighted by atomic mass is 9.87. The topological polar surface area (TPSA) is 82.1 Å². The van der Waals surface area contributed by atoms with Crippen LogP contribution in [0.4, 0.5) is 0 Å². The van der Waals surface area contributed by atoms with E-state index < -0.39 is 6.10 Å². The van der Waals surface area contributed by atoms with Crippen molar-refractivity contribution in [2.75, 3.05) is 0 Å². The zero-order chi connectivity index (χ0) is 18.8. The minimum atomic E-state index is -0.576. The van der Waals surface area contributed by atoms with E-state index in [4.69, 9.17) is 9.47 Å². The van der Waals surface area contributed by atoms with E-state index in [1.807, 2.05) is 19.1 Å². The first-order chi connectivity index (χ1) is 12.4. The predicted octanol–water partition coefficient (Wildman–Crippen LogP) is 3.26. The third-order valence-electron chi connectivity index (χ3n) is 5.26. The molecule has 0 aromatic rings. The Bertz CT molecular complexity index is 701. The van der Waals surface area contributed by atoms with Gasteiger partial charge in [0.1, 0.15) is 18.3 Å². The summed E-state index contributed by atoms with van der Waals surface area (Å²) in [7, 11) is 0. The second kappa shape index (κ2) is 7.60. The number of fused-ring (bicyclic) bond motifs is 2. The van der Waals surface area contributed by atoms with Gasteiger partial charge in [-0.3, -0.25) is 5.26 Å². The van der Waals surface area contributed by atoms with Crippen LogP contribution >= 0.6 is 0 Å². The molecule has 3 rings (SSSR count). The van der Waals surface area contributed by atoms with Gasteiger partial charge in [0.15, 0.2) is 0 Å².